The Bertz CT molecular complexity index is 650. The molecule has 0 bridgehead atoms. The molecule has 0 aliphatic rings. The molecule has 2 rings (SSSR count). The van der Waals surface area contributed by atoms with Gasteiger partial charge < -0.3 is 0 Å². The molecule has 0 saturated heterocycles. The molecule has 0 unspecified atom stereocenters. The Morgan fingerprint density at radius 3 is 2.26 bits per heavy atom. The van der Waals surface area contributed by atoms with Crippen LogP contribution >= 0.6 is 11.6 Å². The van der Waals surface area contributed by atoms with Gasteiger partial charge in [-0.1, -0.05) is 23.7 Å². The van der Waals surface area contributed by atoms with Gasteiger partial charge >= 0.3 is 0 Å². The summed E-state index contributed by atoms with van der Waals surface area (Å²) in [6.45, 7) is 1.63. The van der Waals surface area contributed by atoms with E-state index in [1.54, 1.807) is 43.3 Å². The Labute approximate surface area is 114 Å². The summed E-state index contributed by atoms with van der Waals surface area (Å²) < 4.78 is 0. The fourth-order valence-corrected chi connectivity index (χ4v) is 1.84. The summed E-state index contributed by atoms with van der Waals surface area (Å²) in [6.07, 6.45) is 0. The zero-order valence-electron chi connectivity index (χ0n) is 10.1. The minimum atomic E-state index is -0.492. The van der Waals surface area contributed by atoms with Crippen LogP contribution in [0.3, 0.4) is 0 Å². The third-order valence-corrected chi connectivity index (χ3v) is 3.03. The summed E-state index contributed by atoms with van der Waals surface area (Å²) in [5, 5.41) is 11.4. The zero-order valence-corrected chi connectivity index (χ0v) is 10.8. The van der Waals surface area contributed by atoms with E-state index in [1.165, 1.54) is 6.07 Å². The third kappa shape index (κ3) is 2.80. The highest BCUT2D eigenvalue weighted by molar-refractivity contribution is 6.30. The number of carbonyl (C=O) groups is 1. The van der Waals surface area contributed by atoms with E-state index in [1.807, 2.05) is 0 Å². The van der Waals surface area contributed by atoms with Crippen LogP contribution in [0.1, 0.15) is 21.5 Å². The van der Waals surface area contributed by atoms with Crippen molar-refractivity contribution in [3.05, 3.63) is 74.3 Å². The average Bonchev–Trinajstić information content (AvgIpc) is 2.39. The second kappa shape index (κ2) is 5.20. The highest BCUT2D eigenvalue weighted by Crippen LogP contribution is 2.21. The number of halogens is 1. The first kappa shape index (κ1) is 13.2. The minimum Gasteiger partial charge on any atom is -0.289 e. The summed E-state index contributed by atoms with van der Waals surface area (Å²) in [4.78, 5) is 22.5. The molecule has 0 spiro atoms. The van der Waals surface area contributed by atoms with Gasteiger partial charge in [0.15, 0.2) is 5.78 Å². The molecule has 0 aromatic heterocycles. The van der Waals surface area contributed by atoms with E-state index in [-0.39, 0.29) is 11.5 Å². The molecule has 0 N–H and O–H groups in total. The maximum absolute atomic E-state index is 12.2. The van der Waals surface area contributed by atoms with E-state index < -0.39 is 4.92 Å². The number of hydrogen-bond acceptors (Lipinski definition) is 3. The van der Waals surface area contributed by atoms with Crippen LogP contribution in [0, 0.1) is 17.0 Å². The molecular formula is C14H10ClNO3. The zero-order chi connectivity index (χ0) is 14.0. The van der Waals surface area contributed by atoms with Gasteiger partial charge in [-0.05, 0) is 31.2 Å². The van der Waals surface area contributed by atoms with Gasteiger partial charge in [-0.25, -0.2) is 0 Å². The van der Waals surface area contributed by atoms with Crippen LogP contribution in [-0.2, 0) is 0 Å². The van der Waals surface area contributed by atoms with E-state index >= 15 is 0 Å². The van der Waals surface area contributed by atoms with Crippen molar-refractivity contribution in [2.45, 2.75) is 6.92 Å². The lowest BCUT2D eigenvalue weighted by molar-refractivity contribution is -0.385. The van der Waals surface area contributed by atoms with Crippen molar-refractivity contribution in [3.63, 3.8) is 0 Å². The molecule has 0 aliphatic heterocycles. The number of ketones is 1. The first-order valence-electron chi connectivity index (χ1n) is 5.54. The van der Waals surface area contributed by atoms with E-state index in [2.05, 4.69) is 0 Å². The Kier molecular flexibility index (Phi) is 3.62. The fourth-order valence-electron chi connectivity index (χ4n) is 1.72. The van der Waals surface area contributed by atoms with Gasteiger partial charge in [0.2, 0.25) is 0 Å². The highest BCUT2D eigenvalue weighted by Gasteiger charge is 2.16. The molecule has 0 fully saturated rings. The minimum absolute atomic E-state index is 0.0557. The van der Waals surface area contributed by atoms with Crippen LogP contribution in [0.15, 0.2) is 42.5 Å². The van der Waals surface area contributed by atoms with E-state index in [9.17, 15) is 14.9 Å². The van der Waals surface area contributed by atoms with Gasteiger partial charge in [0.1, 0.15) is 0 Å². The number of benzene rings is 2. The van der Waals surface area contributed by atoms with Gasteiger partial charge in [-0.3, -0.25) is 14.9 Å². The Morgan fingerprint density at radius 1 is 1.11 bits per heavy atom. The maximum Gasteiger partial charge on any atom is 0.273 e. The predicted octanol–water partition coefficient (Wildman–Crippen LogP) is 3.79. The van der Waals surface area contributed by atoms with Crippen molar-refractivity contribution in [2.24, 2.45) is 0 Å². The van der Waals surface area contributed by atoms with Crippen LogP contribution in [-0.4, -0.2) is 10.7 Å². The summed E-state index contributed by atoms with van der Waals surface area (Å²) in [7, 11) is 0. The third-order valence-electron chi connectivity index (χ3n) is 2.77. The molecule has 0 aliphatic carbocycles. The SMILES string of the molecule is Cc1ccc(C(=O)c2ccc(Cl)cc2)cc1[N+](=O)[O-]. The fraction of sp³-hybridized carbons (Fsp3) is 0.0714. The van der Waals surface area contributed by atoms with Crippen LogP contribution in [0.5, 0.6) is 0 Å². The number of hydrogen-bond donors (Lipinski definition) is 0. The van der Waals surface area contributed by atoms with E-state index in [0.717, 1.165) is 0 Å². The number of nitro groups is 1. The standard InChI is InChI=1S/C14H10ClNO3/c1-9-2-3-11(8-13(9)16(18)19)14(17)10-4-6-12(15)7-5-10/h2-8H,1H3. The van der Waals surface area contributed by atoms with Gasteiger partial charge in [-0.15, -0.1) is 0 Å². The highest BCUT2D eigenvalue weighted by atomic mass is 35.5. The van der Waals surface area contributed by atoms with E-state index in [0.29, 0.717) is 21.7 Å². The molecule has 2 aromatic carbocycles. The van der Waals surface area contributed by atoms with Crippen molar-refractivity contribution < 1.29 is 9.72 Å². The maximum atomic E-state index is 12.2. The number of nitro benzene ring substituents is 1. The monoisotopic (exact) mass is 275 g/mol. The largest absolute Gasteiger partial charge is 0.289 e. The van der Waals surface area contributed by atoms with Crippen LogP contribution in [0.2, 0.25) is 5.02 Å². The van der Waals surface area contributed by atoms with Crippen molar-refractivity contribution in [1.29, 1.82) is 0 Å². The molecule has 19 heavy (non-hydrogen) atoms. The summed E-state index contributed by atoms with van der Waals surface area (Å²) >= 11 is 5.75. The van der Waals surface area contributed by atoms with Gasteiger partial charge in [0.05, 0.1) is 4.92 Å². The number of carbonyl (C=O) groups excluding carboxylic acids is 1. The number of rotatable bonds is 3. The molecule has 0 heterocycles. The first-order chi connectivity index (χ1) is 8.99. The molecular weight excluding hydrogens is 266 g/mol. The lowest BCUT2D eigenvalue weighted by Crippen LogP contribution is -2.02. The van der Waals surface area contributed by atoms with Crippen molar-refractivity contribution >= 4 is 23.1 Å². The Hall–Kier alpha value is -2.20. The molecule has 4 nitrogen and oxygen atoms in total. The second-order valence-electron chi connectivity index (χ2n) is 4.09. The normalized spacial score (nSPS) is 10.2. The molecule has 0 atom stereocenters. The number of nitrogens with zero attached hydrogens (tertiary/aromatic N) is 1. The lowest BCUT2D eigenvalue weighted by Gasteiger charge is -2.03. The molecule has 0 radical (unpaired) electrons. The van der Waals surface area contributed by atoms with Crippen molar-refractivity contribution in [2.75, 3.05) is 0 Å². The molecule has 2 aromatic rings. The van der Waals surface area contributed by atoms with Crippen LogP contribution in [0.4, 0.5) is 5.69 Å². The summed E-state index contributed by atoms with van der Waals surface area (Å²) in [5.74, 6) is -0.264. The Morgan fingerprint density at radius 2 is 1.68 bits per heavy atom. The topological polar surface area (TPSA) is 60.2 Å². The Balaban J connectivity index is 2.42. The quantitative estimate of drug-likeness (QED) is 0.486. The van der Waals surface area contributed by atoms with Crippen molar-refractivity contribution in [3.8, 4) is 0 Å². The van der Waals surface area contributed by atoms with Gasteiger partial charge in [0, 0.05) is 27.8 Å². The number of aryl methyl sites for hydroxylation is 1. The van der Waals surface area contributed by atoms with Gasteiger partial charge in [-0.2, -0.15) is 0 Å². The van der Waals surface area contributed by atoms with Gasteiger partial charge in [0.25, 0.3) is 5.69 Å². The predicted molar refractivity (Wildman–Crippen MR) is 72.7 cm³/mol. The molecule has 0 saturated carbocycles. The smallest absolute Gasteiger partial charge is 0.273 e. The molecule has 96 valence electrons. The van der Waals surface area contributed by atoms with Crippen LogP contribution in [0.25, 0.3) is 0 Å². The average molecular weight is 276 g/mol. The second-order valence-corrected chi connectivity index (χ2v) is 4.53. The first-order valence-corrected chi connectivity index (χ1v) is 5.92. The van der Waals surface area contributed by atoms with Crippen molar-refractivity contribution in [1.82, 2.24) is 0 Å². The lowest BCUT2D eigenvalue weighted by atomic mass is 10.0. The summed E-state index contributed by atoms with van der Waals surface area (Å²) in [5.41, 5.74) is 1.21. The van der Waals surface area contributed by atoms with E-state index in [4.69, 9.17) is 11.6 Å². The molecule has 5 heteroatoms. The summed E-state index contributed by atoms with van der Waals surface area (Å²) in [6, 6.07) is 10.9. The molecule has 0 amide bonds. The van der Waals surface area contributed by atoms with Crippen LogP contribution < -0.4 is 0 Å².